The smallest absolute Gasteiger partial charge is 0.216 e. The van der Waals surface area contributed by atoms with E-state index in [2.05, 4.69) is 0 Å². The molecular weight excluding hydrogens is 362 g/mol. The van der Waals surface area contributed by atoms with E-state index in [0.717, 1.165) is 0 Å². The van der Waals surface area contributed by atoms with Crippen LogP contribution >= 0.6 is 11.6 Å². The number of nitrogens with zero attached hydrogens (tertiary/aromatic N) is 1. The highest BCUT2D eigenvalue weighted by atomic mass is 35.5. The second-order valence-electron chi connectivity index (χ2n) is 4.89. The van der Waals surface area contributed by atoms with Crippen LogP contribution in [-0.2, 0) is 9.84 Å². The fraction of sp³-hybridized carbons (Fsp3) is 0.167. The number of sulfone groups is 1. The molecule has 0 unspecified atom stereocenters. The van der Waals surface area contributed by atoms with Gasteiger partial charge in [0.15, 0.2) is 11.5 Å². The van der Waals surface area contributed by atoms with Crippen LogP contribution in [0, 0.1) is 11.3 Å². The SMILES string of the molecule is CCOc1cccc(/C=C(\C#N)S(=O)(=O)c2ccc(Cl)cc2)c1OC. The Balaban J connectivity index is 2.56. The van der Waals surface area contributed by atoms with Crippen molar-refractivity contribution < 1.29 is 17.9 Å². The van der Waals surface area contributed by atoms with Crippen LogP contribution < -0.4 is 9.47 Å². The third-order valence-corrected chi connectivity index (χ3v) is 5.26. The van der Waals surface area contributed by atoms with Gasteiger partial charge in [0, 0.05) is 10.6 Å². The Bertz CT molecular complexity index is 929. The number of methoxy groups -OCH3 is 1. The molecule has 7 heteroatoms. The van der Waals surface area contributed by atoms with Crippen LogP contribution in [0.15, 0.2) is 52.3 Å². The van der Waals surface area contributed by atoms with E-state index in [0.29, 0.717) is 28.7 Å². The Kier molecular flexibility index (Phi) is 6.07. The van der Waals surface area contributed by atoms with Crippen LogP contribution in [0.3, 0.4) is 0 Å². The van der Waals surface area contributed by atoms with Gasteiger partial charge in [-0.1, -0.05) is 23.7 Å². The Morgan fingerprint density at radius 1 is 1.24 bits per heavy atom. The zero-order valence-electron chi connectivity index (χ0n) is 13.7. The monoisotopic (exact) mass is 377 g/mol. The van der Waals surface area contributed by atoms with E-state index in [9.17, 15) is 13.7 Å². The van der Waals surface area contributed by atoms with E-state index in [4.69, 9.17) is 21.1 Å². The van der Waals surface area contributed by atoms with Crippen molar-refractivity contribution in [3.63, 3.8) is 0 Å². The average Bonchev–Trinajstić information content (AvgIpc) is 2.60. The molecule has 2 aromatic rings. The first-order valence-corrected chi connectivity index (χ1v) is 9.22. The normalized spacial score (nSPS) is 11.7. The van der Waals surface area contributed by atoms with E-state index in [1.165, 1.54) is 37.5 Å². The predicted molar refractivity (Wildman–Crippen MR) is 96.4 cm³/mol. The third kappa shape index (κ3) is 4.13. The van der Waals surface area contributed by atoms with Gasteiger partial charge in [-0.2, -0.15) is 5.26 Å². The summed E-state index contributed by atoms with van der Waals surface area (Å²) in [6.07, 6.45) is 1.27. The number of hydrogen-bond acceptors (Lipinski definition) is 5. The van der Waals surface area contributed by atoms with E-state index < -0.39 is 14.7 Å². The molecule has 0 saturated carbocycles. The Hall–Kier alpha value is -2.49. The van der Waals surface area contributed by atoms with Gasteiger partial charge in [-0.25, -0.2) is 8.42 Å². The number of nitriles is 1. The number of benzene rings is 2. The number of hydrogen-bond donors (Lipinski definition) is 0. The van der Waals surface area contributed by atoms with E-state index in [-0.39, 0.29) is 4.90 Å². The molecule has 0 spiro atoms. The molecule has 25 heavy (non-hydrogen) atoms. The van der Waals surface area contributed by atoms with Gasteiger partial charge in [-0.15, -0.1) is 0 Å². The van der Waals surface area contributed by atoms with Gasteiger partial charge in [-0.05, 0) is 43.3 Å². The van der Waals surface area contributed by atoms with Crippen LogP contribution in [0.25, 0.3) is 6.08 Å². The summed E-state index contributed by atoms with van der Waals surface area (Å²) in [5.74, 6) is 0.836. The number of rotatable bonds is 6. The molecule has 0 heterocycles. The van der Waals surface area contributed by atoms with Crippen LogP contribution in [0.2, 0.25) is 5.02 Å². The van der Waals surface area contributed by atoms with Crippen molar-refractivity contribution in [2.45, 2.75) is 11.8 Å². The number of allylic oxidation sites excluding steroid dienone is 1. The lowest BCUT2D eigenvalue weighted by Crippen LogP contribution is -2.04. The van der Waals surface area contributed by atoms with Crippen molar-refractivity contribution in [1.82, 2.24) is 0 Å². The van der Waals surface area contributed by atoms with Gasteiger partial charge >= 0.3 is 0 Å². The van der Waals surface area contributed by atoms with Crippen LogP contribution in [0.4, 0.5) is 0 Å². The highest BCUT2D eigenvalue weighted by Gasteiger charge is 2.22. The number of para-hydroxylation sites is 1. The summed E-state index contributed by atoms with van der Waals surface area (Å²) in [6, 6.07) is 12.4. The zero-order valence-corrected chi connectivity index (χ0v) is 15.3. The maximum Gasteiger partial charge on any atom is 0.216 e. The van der Waals surface area contributed by atoms with Crippen molar-refractivity contribution in [2.75, 3.05) is 13.7 Å². The first-order chi connectivity index (χ1) is 11.9. The molecule has 0 atom stereocenters. The number of halogens is 1. The summed E-state index contributed by atoms with van der Waals surface area (Å²) < 4.78 is 36.1. The summed E-state index contributed by atoms with van der Waals surface area (Å²) in [7, 11) is -2.52. The summed E-state index contributed by atoms with van der Waals surface area (Å²) in [5, 5.41) is 9.79. The average molecular weight is 378 g/mol. The lowest BCUT2D eigenvalue weighted by atomic mass is 10.1. The fourth-order valence-electron chi connectivity index (χ4n) is 2.19. The molecule has 0 saturated heterocycles. The highest BCUT2D eigenvalue weighted by Crippen LogP contribution is 2.33. The summed E-state index contributed by atoms with van der Waals surface area (Å²) in [6.45, 7) is 2.26. The summed E-state index contributed by atoms with van der Waals surface area (Å²) in [5.41, 5.74) is 0.433. The fourth-order valence-corrected chi connectivity index (χ4v) is 3.46. The largest absolute Gasteiger partial charge is 0.492 e. The molecule has 0 bridgehead atoms. The molecule has 0 aromatic heterocycles. The van der Waals surface area contributed by atoms with Gasteiger partial charge < -0.3 is 9.47 Å². The molecule has 0 amide bonds. The van der Waals surface area contributed by atoms with Crippen molar-refractivity contribution in [3.8, 4) is 17.6 Å². The second kappa shape index (κ2) is 8.06. The first kappa shape index (κ1) is 18.8. The lowest BCUT2D eigenvalue weighted by Gasteiger charge is -2.12. The maximum atomic E-state index is 12.7. The molecule has 0 fully saturated rings. The minimum absolute atomic E-state index is 0.00960. The van der Waals surface area contributed by atoms with Crippen molar-refractivity contribution in [2.24, 2.45) is 0 Å². The van der Waals surface area contributed by atoms with Crippen molar-refractivity contribution in [3.05, 3.63) is 58.0 Å². The molecule has 130 valence electrons. The summed E-state index contributed by atoms with van der Waals surface area (Å²) in [4.78, 5) is -0.411. The maximum absolute atomic E-state index is 12.7. The van der Waals surface area contributed by atoms with E-state index in [1.54, 1.807) is 24.3 Å². The first-order valence-electron chi connectivity index (χ1n) is 7.36. The van der Waals surface area contributed by atoms with Crippen LogP contribution in [0.5, 0.6) is 11.5 Å². The van der Waals surface area contributed by atoms with Crippen LogP contribution in [0.1, 0.15) is 12.5 Å². The Labute approximate surface area is 152 Å². The standard InChI is InChI=1S/C18H16ClNO4S/c1-3-24-17-6-4-5-13(18(17)23-2)11-16(12-20)25(21,22)15-9-7-14(19)8-10-15/h4-11H,3H2,1-2H3/b16-11+. The molecular formula is C18H16ClNO4S. The second-order valence-corrected chi connectivity index (χ2v) is 7.24. The molecule has 0 aliphatic heterocycles. The topological polar surface area (TPSA) is 76.4 Å². The van der Waals surface area contributed by atoms with Crippen molar-refractivity contribution in [1.29, 1.82) is 5.26 Å². The minimum Gasteiger partial charge on any atom is -0.492 e. The number of ether oxygens (including phenoxy) is 2. The highest BCUT2D eigenvalue weighted by molar-refractivity contribution is 7.95. The van der Waals surface area contributed by atoms with Gasteiger partial charge in [0.05, 0.1) is 18.6 Å². The van der Waals surface area contributed by atoms with Crippen molar-refractivity contribution >= 4 is 27.5 Å². The van der Waals surface area contributed by atoms with E-state index in [1.807, 2.05) is 6.92 Å². The van der Waals surface area contributed by atoms with Crippen LogP contribution in [-0.4, -0.2) is 22.1 Å². The molecule has 0 N–H and O–H groups in total. The third-order valence-electron chi connectivity index (χ3n) is 3.32. The molecule has 0 aliphatic carbocycles. The Morgan fingerprint density at radius 2 is 1.92 bits per heavy atom. The van der Waals surface area contributed by atoms with Gasteiger partial charge in [0.25, 0.3) is 0 Å². The molecule has 0 aliphatic rings. The molecule has 2 rings (SSSR count). The molecule has 5 nitrogen and oxygen atoms in total. The van der Waals surface area contributed by atoms with Gasteiger partial charge in [0.2, 0.25) is 9.84 Å². The van der Waals surface area contributed by atoms with Gasteiger partial charge in [-0.3, -0.25) is 0 Å². The Morgan fingerprint density at radius 3 is 2.48 bits per heavy atom. The minimum atomic E-state index is -3.97. The molecule has 2 aromatic carbocycles. The summed E-state index contributed by atoms with van der Waals surface area (Å²) >= 11 is 5.79. The zero-order chi connectivity index (χ0) is 18.4. The quantitative estimate of drug-likeness (QED) is 0.709. The predicted octanol–water partition coefficient (Wildman–Crippen LogP) is 4.09. The van der Waals surface area contributed by atoms with Gasteiger partial charge in [0.1, 0.15) is 11.0 Å². The lowest BCUT2D eigenvalue weighted by molar-refractivity contribution is 0.310. The molecule has 0 radical (unpaired) electrons. The van der Waals surface area contributed by atoms with E-state index >= 15 is 0 Å².